The number of hydrogen-bond donors (Lipinski definition) is 1. The van der Waals surface area contributed by atoms with Crippen LogP contribution in [0.2, 0.25) is 0 Å². The van der Waals surface area contributed by atoms with Crippen molar-refractivity contribution in [3.05, 3.63) is 82.6 Å². The normalized spacial score (nSPS) is 10.8. The largest absolute Gasteiger partial charge is 0.457 e. The average molecular weight is 346 g/mol. The molecule has 2 aromatic carbocycles. The Labute approximate surface area is 149 Å². The quantitative estimate of drug-likeness (QED) is 0.517. The molecule has 122 valence electrons. The molecule has 1 heterocycles. The Morgan fingerprint density at radius 1 is 1.04 bits per heavy atom. The third kappa shape index (κ3) is 4.56. The zero-order valence-electron chi connectivity index (χ0n) is 13.2. The van der Waals surface area contributed by atoms with Crippen molar-refractivity contribution in [2.24, 2.45) is 0 Å². The van der Waals surface area contributed by atoms with Gasteiger partial charge in [-0.3, -0.25) is 4.79 Å². The van der Waals surface area contributed by atoms with E-state index in [4.69, 9.17) is 4.74 Å². The van der Waals surface area contributed by atoms with Gasteiger partial charge in [0.1, 0.15) is 23.1 Å². The van der Waals surface area contributed by atoms with Gasteiger partial charge >= 0.3 is 0 Å². The molecule has 0 aliphatic carbocycles. The summed E-state index contributed by atoms with van der Waals surface area (Å²) in [5.74, 6) is 0.966. The van der Waals surface area contributed by atoms with E-state index < -0.39 is 5.91 Å². The second-order valence-corrected chi connectivity index (χ2v) is 5.90. The van der Waals surface area contributed by atoms with E-state index in [1.54, 1.807) is 30.3 Å². The van der Waals surface area contributed by atoms with E-state index in [0.29, 0.717) is 11.4 Å². The molecule has 3 rings (SSSR count). The van der Waals surface area contributed by atoms with Crippen molar-refractivity contribution in [2.75, 3.05) is 5.32 Å². The minimum absolute atomic E-state index is 0.0583. The lowest BCUT2D eigenvalue weighted by Crippen LogP contribution is -2.13. The molecule has 25 heavy (non-hydrogen) atoms. The molecule has 1 N–H and O–H groups in total. The lowest BCUT2D eigenvalue weighted by Gasteiger charge is -2.07. The van der Waals surface area contributed by atoms with Crippen LogP contribution >= 0.6 is 11.3 Å². The first-order valence-corrected chi connectivity index (χ1v) is 8.47. The van der Waals surface area contributed by atoms with Gasteiger partial charge in [0.25, 0.3) is 5.91 Å². The van der Waals surface area contributed by atoms with Crippen LogP contribution in [0.4, 0.5) is 5.69 Å². The molecule has 0 spiro atoms. The van der Waals surface area contributed by atoms with Crippen LogP contribution in [0, 0.1) is 11.3 Å². The maximum Gasteiger partial charge on any atom is 0.266 e. The van der Waals surface area contributed by atoms with E-state index in [1.807, 2.05) is 53.2 Å². The van der Waals surface area contributed by atoms with Gasteiger partial charge in [-0.25, -0.2) is 0 Å². The van der Waals surface area contributed by atoms with Gasteiger partial charge in [-0.2, -0.15) is 16.6 Å². The first-order chi connectivity index (χ1) is 12.2. The van der Waals surface area contributed by atoms with Crippen molar-refractivity contribution < 1.29 is 9.53 Å². The Bertz CT molecular complexity index is 909. The molecule has 0 unspecified atom stereocenters. The van der Waals surface area contributed by atoms with Crippen LogP contribution in [-0.4, -0.2) is 5.91 Å². The number of hydrogen-bond acceptors (Lipinski definition) is 4. The number of carbonyl (C=O) groups excluding carboxylic acids is 1. The molecule has 3 aromatic rings. The number of nitriles is 1. The van der Waals surface area contributed by atoms with E-state index >= 15 is 0 Å². The maximum atomic E-state index is 12.2. The molecule has 0 saturated carbocycles. The molecule has 0 aliphatic heterocycles. The molecule has 0 atom stereocenters. The Morgan fingerprint density at radius 3 is 2.40 bits per heavy atom. The van der Waals surface area contributed by atoms with Crippen molar-refractivity contribution in [3.8, 4) is 17.6 Å². The standard InChI is InChI=1S/C20H14N2O2S/c21-13-16(12-15-10-11-25-14-15)20(23)22-17-6-8-19(9-7-17)24-18-4-2-1-3-5-18/h1-12,14H,(H,22,23)/b16-12+. The summed E-state index contributed by atoms with van der Waals surface area (Å²) in [4.78, 5) is 12.2. The van der Waals surface area contributed by atoms with Crippen molar-refractivity contribution in [3.63, 3.8) is 0 Å². The number of carbonyl (C=O) groups is 1. The van der Waals surface area contributed by atoms with Gasteiger partial charge < -0.3 is 10.1 Å². The number of nitrogens with zero attached hydrogens (tertiary/aromatic N) is 1. The van der Waals surface area contributed by atoms with E-state index in [9.17, 15) is 10.1 Å². The van der Waals surface area contributed by atoms with E-state index in [-0.39, 0.29) is 5.57 Å². The molecule has 4 nitrogen and oxygen atoms in total. The topological polar surface area (TPSA) is 62.1 Å². The summed E-state index contributed by atoms with van der Waals surface area (Å²) in [6.07, 6.45) is 1.57. The summed E-state index contributed by atoms with van der Waals surface area (Å²) >= 11 is 1.51. The Kier molecular flexibility index (Phi) is 5.25. The number of para-hydroxylation sites is 1. The fraction of sp³-hybridized carbons (Fsp3) is 0. The minimum atomic E-state index is -0.439. The zero-order valence-corrected chi connectivity index (χ0v) is 14.0. The van der Waals surface area contributed by atoms with Crippen LogP contribution in [0.15, 0.2) is 77.0 Å². The Morgan fingerprint density at radius 2 is 1.76 bits per heavy atom. The second kappa shape index (κ2) is 7.95. The van der Waals surface area contributed by atoms with Crippen LogP contribution < -0.4 is 10.1 Å². The predicted octanol–water partition coefficient (Wildman–Crippen LogP) is 5.09. The van der Waals surface area contributed by atoms with Gasteiger partial charge in [-0.15, -0.1) is 0 Å². The van der Waals surface area contributed by atoms with Crippen LogP contribution in [0.5, 0.6) is 11.5 Å². The summed E-state index contributed by atoms with van der Waals surface area (Å²) in [5, 5.41) is 15.7. The second-order valence-electron chi connectivity index (χ2n) is 5.12. The van der Waals surface area contributed by atoms with Gasteiger partial charge in [0.05, 0.1) is 0 Å². The van der Waals surface area contributed by atoms with Crippen LogP contribution in [0.25, 0.3) is 6.08 Å². The van der Waals surface area contributed by atoms with E-state index in [1.165, 1.54) is 11.3 Å². The highest BCUT2D eigenvalue weighted by Gasteiger charge is 2.09. The highest BCUT2D eigenvalue weighted by Crippen LogP contribution is 2.23. The summed E-state index contributed by atoms with van der Waals surface area (Å²) in [6.45, 7) is 0. The molecule has 0 radical (unpaired) electrons. The number of amides is 1. The molecule has 0 aliphatic rings. The predicted molar refractivity (Wildman–Crippen MR) is 99.5 cm³/mol. The number of rotatable bonds is 5. The number of benzene rings is 2. The number of anilines is 1. The molecule has 1 amide bonds. The summed E-state index contributed by atoms with van der Waals surface area (Å²) in [5.41, 5.74) is 1.49. The van der Waals surface area contributed by atoms with Crippen LogP contribution in [-0.2, 0) is 4.79 Å². The molecule has 1 aromatic heterocycles. The third-order valence-electron chi connectivity index (χ3n) is 3.31. The lowest BCUT2D eigenvalue weighted by molar-refractivity contribution is -0.112. The van der Waals surface area contributed by atoms with Gasteiger partial charge in [-0.1, -0.05) is 18.2 Å². The minimum Gasteiger partial charge on any atom is -0.457 e. The number of ether oxygens (including phenoxy) is 1. The molecule has 0 bridgehead atoms. The smallest absolute Gasteiger partial charge is 0.266 e. The molecule has 5 heteroatoms. The molecule has 0 saturated heterocycles. The first kappa shape index (κ1) is 16.5. The van der Waals surface area contributed by atoms with Gasteiger partial charge in [0.15, 0.2) is 0 Å². The summed E-state index contributed by atoms with van der Waals surface area (Å²) in [7, 11) is 0. The van der Waals surface area contributed by atoms with E-state index in [2.05, 4.69) is 5.32 Å². The zero-order chi connectivity index (χ0) is 17.5. The third-order valence-corrected chi connectivity index (χ3v) is 4.01. The molecular formula is C20H14N2O2S. The lowest BCUT2D eigenvalue weighted by atomic mass is 10.2. The van der Waals surface area contributed by atoms with Crippen molar-refractivity contribution in [1.29, 1.82) is 5.26 Å². The fourth-order valence-corrected chi connectivity index (χ4v) is 2.72. The molecule has 0 fully saturated rings. The van der Waals surface area contributed by atoms with Gasteiger partial charge in [0.2, 0.25) is 0 Å². The van der Waals surface area contributed by atoms with Gasteiger partial charge in [0, 0.05) is 5.69 Å². The Balaban J connectivity index is 1.66. The number of thiophene rings is 1. The summed E-state index contributed by atoms with van der Waals surface area (Å²) in [6, 6.07) is 20.2. The average Bonchev–Trinajstić information content (AvgIpc) is 3.15. The van der Waals surface area contributed by atoms with Crippen molar-refractivity contribution in [1.82, 2.24) is 0 Å². The fourth-order valence-electron chi connectivity index (χ4n) is 2.10. The van der Waals surface area contributed by atoms with E-state index in [0.717, 1.165) is 11.3 Å². The van der Waals surface area contributed by atoms with Crippen molar-refractivity contribution in [2.45, 2.75) is 0 Å². The number of nitrogens with one attached hydrogen (secondary N) is 1. The maximum absolute atomic E-state index is 12.2. The highest BCUT2D eigenvalue weighted by atomic mass is 32.1. The Hall–Kier alpha value is -3.36. The van der Waals surface area contributed by atoms with Crippen LogP contribution in [0.1, 0.15) is 5.56 Å². The highest BCUT2D eigenvalue weighted by molar-refractivity contribution is 7.08. The first-order valence-electron chi connectivity index (χ1n) is 7.53. The van der Waals surface area contributed by atoms with Crippen LogP contribution in [0.3, 0.4) is 0 Å². The summed E-state index contributed by atoms with van der Waals surface area (Å²) < 4.78 is 5.70. The van der Waals surface area contributed by atoms with Crippen molar-refractivity contribution >= 4 is 29.0 Å². The molecular weight excluding hydrogens is 332 g/mol. The SMILES string of the molecule is N#C/C(=C\c1ccsc1)C(=O)Nc1ccc(Oc2ccccc2)cc1. The van der Waals surface area contributed by atoms with Gasteiger partial charge in [-0.05, 0) is 64.9 Å². The monoisotopic (exact) mass is 346 g/mol.